The van der Waals surface area contributed by atoms with Crippen molar-refractivity contribution in [2.24, 2.45) is 0 Å². The summed E-state index contributed by atoms with van der Waals surface area (Å²) in [4.78, 5) is 25.0. The summed E-state index contributed by atoms with van der Waals surface area (Å²) in [6.45, 7) is 3.93. The third-order valence-electron chi connectivity index (χ3n) is 4.12. The molecule has 2 aromatic heterocycles. The molecule has 23 heavy (non-hydrogen) atoms. The summed E-state index contributed by atoms with van der Waals surface area (Å²) in [7, 11) is 0. The van der Waals surface area contributed by atoms with Crippen molar-refractivity contribution in [1.29, 1.82) is 0 Å². The second-order valence-corrected chi connectivity index (χ2v) is 5.56. The molecule has 3 aromatic rings. The topological polar surface area (TPSA) is 67.4 Å². The standard InChI is InChI=1S/C16H17N5O2/c22-16-21(13-4-1-2-5-14(13)23-16)12-19-8-10-20(11-9-19)15-17-6-3-7-18-15/h1-7H,8-12H2. The summed E-state index contributed by atoms with van der Waals surface area (Å²) in [6.07, 6.45) is 3.51. The molecule has 7 heteroatoms. The molecule has 4 rings (SSSR count). The number of nitrogens with zero attached hydrogens (tertiary/aromatic N) is 5. The predicted molar refractivity (Wildman–Crippen MR) is 86.3 cm³/mol. The van der Waals surface area contributed by atoms with Gasteiger partial charge in [-0.2, -0.15) is 0 Å². The Kier molecular flexibility index (Phi) is 3.55. The van der Waals surface area contributed by atoms with Crippen LogP contribution in [-0.2, 0) is 6.67 Å². The maximum Gasteiger partial charge on any atom is 0.421 e. The van der Waals surface area contributed by atoms with E-state index in [2.05, 4.69) is 19.8 Å². The molecule has 0 radical (unpaired) electrons. The van der Waals surface area contributed by atoms with Crippen LogP contribution in [0.15, 0.2) is 51.9 Å². The minimum atomic E-state index is -0.306. The number of oxazole rings is 1. The van der Waals surface area contributed by atoms with Gasteiger partial charge in [-0.15, -0.1) is 0 Å². The third kappa shape index (κ3) is 2.70. The van der Waals surface area contributed by atoms with Crippen molar-refractivity contribution in [3.8, 4) is 0 Å². The highest BCUT2D eigenvalue weighted by Crippen LogP contribution is 2.14. The van der Waals surface area contributed by atoms with E-state index in [1.165, 1.54) is 0 Å². The maximum absolute atomic E-state index is 12.0. The van der Waals surface area contributed by atoms with E-state index in [4.69, 9.17) is 4.42 Å². The van der Waals surface area contributed by atoms with Crippen LogP contribution in [0, 0.1) is 0 Å². The smallest absolute Gasteiger partial charge is 0.408 e. The van der Waals surface area contributed by atoms with Gasteiger partial charge in [-0.1, -0.05) is 12.1 Å². The van der Waals surface area contributed by atoms with Crippen LogP contribution in [0.1, 0.15) is 0 Å². The van der Waals surface area contributed by atoms with Crippen molar-refractivity contribution in [3.05, 3.63) is 53.3 Å². The van der Waals surface area contributed by atoms with Crippen LogP contribution in [0.5, 0.6) is 0 Å². The van der Waals surface area contributed by atoms with Crippen LogP contribution in [0.3, 0.4) is 0 Å². The predicted octanol–water partition coefficient (Wildman–Crippen LogP) is 1.16. The number of piperazine rings is 1. The summed E-state index contributed by atoms with van der Waals surface area (Å²) in [5.41, 5.74) is 1.47. The lowest BCUT2D eigenvalue weighted by atomic mass is 10.3. The largest absolute Gasteiger partial charge is 0.421 e. The molecule has 0 spiro atoms. The zero-order valence-electron chi connectivity index (χ0n) is 12.6. The SMILES string of the molecule is O=c1oc2ccccc2n1CN1CCN(c2ncccn2)CC1. The molecule has 1 fully saturated rings. The molecule has 0 amide bonds. The average molecular weight is 311 g/mol. The molecule has 0 bridgehead atoms. The van der Waals surface area contributed by atoms with Gasteiger partial charge in [0.1, 0.15) is 0 Å². The highest BCUT2D eigenvalue weighted by molar-refractivity contribution is 5.72. The Morgan fingerprint density at radius 2 is 1.74 bits per heavy atom. The molecule has 1 aliphatic heterocycles. The van der Waals surface area contributed by atoms with Gasteiger partial charge in [0, 0.05) is 38.6 Å². The minimum absolute atomic E-state index is 0.306. The van der Waals surface area contributed by atoms with Crippen LogP contribution in [0.25, 0.3) is 11.1 Å². The second kappa shape index (κ2) is 5.85. The van der Waals surface area contributed by atoms with E-state index in [0.29, 0.717) is 12.3 Å². The number of fused-ring (bicyclic) bond motifs is 1. The fourth-order valence-corrected chi connectivity index (χ4v) is 2.89. The van der Waals surface area contributed by atoms with Crippen molar-refractivity contribution in [3.63, 3.8) is 0 Å². The van der Waals surface area contributed by atoms with Gasteiger partial charge in [0.25, 0.3) is 0 Å². The minimum Gasteiger partial charge on any atom is -0.408 e. The molecule has 0 atom stereocenters. The highest BCUT2D eigenvalue weighted by atomic mass is 16.4. The molecule has 118 valence electrons. The molecular formula is C16H17N5O2. The van der Waals surface area contributed by atoms with Gasteiger partial charge in [-0.05, 0) is 18.2 Å². The van der Waals surface area contributed by atoms with Crippen LogP contribution >= 0.6 is 0 Å². The number of hydrogen-bond donors (Lipinski definition) is 0. The first-order chi connectivity index (χ1) is 11.3. The number of rotatable bonds is 3. The van der Waals surface area contributed by atoms with Crippen LogP contribution < -0.4 is 10.7 Å². The Labute approximate surface area is 132 Å². The Balaban J connectivity index is 1.47. The number of para-hydroxylation sites is 2. The molecule has 0 saturated carbocycles. The first-order valence-corrected chi connectivity index (χ1v) is 7.64. The summed E-state index contributed by atoms with van der Waals surface area (Å²) in [5.74, 6) is 0.457. The lowest BCUT2D eigenvalue weighted by Crippen LogP contribution is -2.48. The molecular weight excluding hydrogens is 294 g/mol. The molecule has 0 N–H and O–H groups in total. The average Bonchev–Trinajstić information content (AvgIpc) is 2.92. The molecule has 1 aliphatic rings. The van der Waals surface area contributed by atoms with E-state index in [9.17, 15) is 4.79 Å². The fraction of sp³-hybridized carbons (Fsp3) is 0.312. The van der Waals surface area contributed by atoms with Gasteiger partial charge in [0.05, 0.1) is 12.2 Å². The first-order valence-electron chi connectivity index (χ1n) is 7.64. The van der Waals surface area contributed by atoms with E-state index in [0.717, 1.165) is 37.6 Å². The number of anilines is 1. The van der Waals surface area contributed by atoms with Gasteiger partial charge >= 0.3 is 5.76 Å². The second-order valence-electron chi connectivity index (χ2n) is 5.56. The molecule has 1 aromatic carbocycles. The van der Waals surface area contributed by atoms with Crippen molar-refractivity contribution >= 4 is 17.0 Å². The summed E-state index contributed by atoms with van der Waals surface area (Å²) < 4.78 is 6.97. The van der Waals surface area contributed by atoms with E-state index >= 15 is 0 Å². The number of benzene rings is 1. The summed E-state index contributed by atoms with van der Waals surface area (Å²) in [6, 6.07) is 9.33. The van der Waals surface area contributed by atoms with Crippen LogP contribution in [0.4, 0.5) is 5.95 Å². The lowest BCUT2D eigenvalue weighted by Gasteiger charge is -2.34. The van der Waals surface area contributed by atoms with Crippen molar-refractivity contribution in [2.75, 3.05) is 31.1 Å². The number of aromatic nitrogens is 3. The lowest BCUT2D eigenvalue weighted by molar-refractivity contribution is 0.201. The Morgan fingerprint density at radius 1 is 1.00 bits per heavy atom. The Hall–Kier alpha value is -2.67. The quantitative estimate of drug-likeness (QED) is 0.723. The Morgan fingerprint density at radius 3 is 2.52 bits per heavy atom. The summed E-state index contributed by atoms with van der Waals surface area (Å²) in [5, 5.41) is 0. The molecule has 0 aliphatic carbocycles. The molecule has 1 saturated heterocycles. The molecule has 3 heterocycles. The summed E-state index contributed by atoms with van der Waals surface area (Å²) >= 11 is 0. The maximum atomic E-state index is 12.0. The van der Waals surface area contributed by atoms with Crippen LogP contribution in [0.2, 0.25) is 0 Å². The van der Waals surface area contributed by atoms with Gasteiger partial charge in [0.2, 0.25) is 5.95 Å². The van der Waals surface area contributed by atoms with Gasteiger partial charge < -0.3 is 9.32 Å². The zero-order valence-corrected chi connectivity index (χ0v) is 12.6. The monoisotopic (exact) mass is 311 g/mol. The van der Waals surface area contributed by atoms with Gasteiger partial charge in [-0.3, -0.25) is 9.47 Å². The van der Waals surface area contributed by atoms with Crippen molar-refractivity contribution in [2.45, 2.75) is 6.67 Å². The molecule has 0 unspecified atom stereocenters. The van der Waals surface area contributed by atoms with E-state index in [-0.39, 0.29) is 5.76 Å². The van der Waals surface area contributed by atoms with E-state index in [1.807, 2.05) is 30.3 Å². The highest BCUT2D eigenvalue weighted by Gasteiger charge is 2.20. The first kappa shape index (κ1) is 14.0. The number of hydrogen-bond acceptors (Lipinski definition) is 6. The normalized spacial score (nSPS) is 16.1. The molecule has 7 nitrogen and oxygen atoms in total. The van der Waals surface area contributed by atoms with Gasteiger partial charge in [-0.25, -0.2) is 14.8 Å². The van der Waals surface area contributed by atoms with Crippen LogP contribution in [-0.4, -0.2) is 45.6 Å². The van der Waals surface area contributed by atoms with Gasteiger partial charge in [0.15, 0.2) is 5.58 Å². The van der Waals surface area contributed by atoms with Crippen molar-refractivity contribution < 1.29 is 4.42 Å². The van der Waals surface area contributed by atoms with Crippen molar-refractivity contribution in [1.82, 2.24) is 19.4 Å². The zero-order chi connectivity index (χ0) is 15.6. The van der Waals surface area contributed by atoms with E-state index < -0.39 is 0 Å². The third-order valence-corrected chi connectivity index (χ3v) is 4.12. The Bertz CT molecular complexity index is 850. The fourth-order valence-electron chi connectivity index (χ4n) is 2.89. The van der Waals surface area contributed by atoms with E-state index in [1.54, 1.807) is 17.0 Å².